The highest BCUT2D eigenvalue weighted by Crippen LogP contribution is 2.36. The van der Waals surface area contributed by atoms with Gasteiger partial charge in [0.2, 0.25) is 0 Å². The first-order chi connectivity index (χ1) is 20.7. The van der Waals surface area contributed by atoms with E-state index in [-0.39, 0.29) is 11.9 Å². The number of piperidine rings is 1. The van der Waals surface area contributed by atoms with E-state index in [0.717, 1.165) is 64.7 Å². The molecule has 4 heterocycles. The van der Waals surface area contributed by atoms with Crippen LogP contribution in [0.5, 0.6) is 0 Å². The first-order valence-corrected chi connectivity index (χ1v) is 14.8. The van der Waals surface area contributed by atoms with Gasteiger partial charge < -0.3 is 25.3 Å². The summed E-state index contributed by atoms with van der Waals surface area (Å²) in [6.45, 7) is 8.37. The number of carbonyl (C=O) groups excluding carboxylic acids is 1. The number of carbonyl (C=O) groups is 1. The lowest BCUT2D eigenvalue weighted by Crippen LogP contribution is -2.49. The monoisotopic (exact) mass is 580 g/mol. The molecule has 222 valence electrons. The zero-order chi connectivity index (χ0) is 30.0. The molecule has 0 spiro atoms. The van der Waals surface area contributed by atoms with Gasteiger partial charge in [0.05, 0.1) is 0 Å². The highest BCUT2D eigenvalue weighted by atomic mass is 19.1. The first-order valence-electron chi connectivity index (χ1n) is 14.8. The summed E-state index contributed by atoms with van der Waals surface area (Å²) in [5.74, 6) is -0.377. The van der Waals surface area contributed by atoms with Gasteiger partial charge in [0, 0.05) is 72.8 Å². The van der Waals surface area contributed by atoms with Crippen LogP contribution in [0.4, 0.5) is 14.9 Å². The van der Waals surface area contributed by atoms with Crippen molar-refractivity contribution >= 4 is 33.7 Å². The third-order valence-corrected chi connectivity index (χ3v) is 7.66. The molecule has 1 fully saturated rings. The molecular formula is C34H37FN6O2. The summed E-state index contributed by atoms with van der Waals surface area (Å²) in [5, 5.41) is 8.16. The molecule has 3 aromatic heterocycles. The Morgan fingerprint density at radius 3 is 2.70 bits per heavy atom. The fourth-order valence-corrected chi connectivity index (χ4v) is 5.75. The molecule has 0 bridgehead atoms. The smallest absolute Gasteiger partial charge is 0.407 e. The number of rotatable bonds is 7. The molecule has 0 saturated carbocycles. The van der Waals surface area contributed by atoms with Crippen molar-refractivity contribution in [1.82, 2.24) is 25.6 Å². The maximum atomic E-state index is 15.6. The molecule has 9 heteroatoms. The summed E-state index contributed by atoms with van der Waals surface area (Å²) in [4.78, 5) is 26.9. The lowest BCUT2D eigenvalue weighted by Gasteiger charge is -2.35. The van der Waals surface area contributed by atoms with E-state index >= 15 is 4.39 Å². The number of benzene rings is 2. The molecule has 2 aromatic carbocycles. The van der Waals surface area contributed by atoms with Crippen LogP contribution in [-0.4, -0.2) is 45.8 Å². The lowest BCUT2D eigenvalue weighted by atomic mass is 10.00. The molecule has 1 saturated heterocycles. The summed E-state index contributed by atoms with van der Waals surface area (Å²) in [5.41, 5.74) is 5.30. The molecule has 1 amide bonds. The van der Waals surface area contributed by atoms with Crippen LogP contribution in [0.25, 0.3) is 33.1 Å². The summed E-state index contributed by atoms with van der Waals surface area (Å²) < 4.78 is 21.1. The molecule has 8 nitrogen and oxygen atoms in total. The molecule has 1 atom stereocenters. The van der Waals surface area contributed by atoms with Gasteiger partial charge in [-0.3, -0.25) is 4.98 Å². The number of nitrogens with one attached hydrogen (secondary N) is 3. The lowest BCUT2D eigenvalue weighted by molar-refractivity contribution is 0.0500. The van der Waals surface area contributed by atoms with Gasteiger partial charge in [-0.2, -0.15) is 0 Å². The summed E-state index contributed by atoms with van der Waals surface area (Å²) >= 11 is 0. The van der Waals surface area contributed by atoms with Crippen molar-refractivity contribution < 1.29 is 13.9 Å². The molecule has 43 heavy (non-hydrogen) atoms. The van der Waals surface area contributed by atoms with Crippen molar-refractivity contribution in [2.75, 3.05) is 18.0 Å². The highest BCUT2D eigenvalue weighted by Gasteiger charge is 2.26. The Kier molecular flexibility index (Phi) is 7.99. The van der Waals surface area contributed by atoms with E-state index < -0.39 is 11.7 Å². The number of ether oxygens (including phenoxy) is 1. The predicted molar refractivity (Wildman–Crippen MR) is 168 cm³/mol. The maximum Gasteiger partial charge on any atom is 0.407 e. The summed E-state index contributed by atoms with van der Waals surface area (Å²) in [6, 6.07) is 17.8. The van der Waals surface area contributed by atoms with Gasteiger partial charge in [-0.15, -0.1) is 0 Å². The number of aromatic nitrogens is 3. The van der Waals surface area contributed by atoms with E-state index in [1.807, 2.05) is 63.5 Å². The number of anilines is 1. The first kappa shape index (κ1) is 28.6. The number of fused-ring (bicyclic) bond motifs is 2. The molecule has 5 aromatic rings. The second kappa shape index (κ2) is 12.0. The van der Waals surface area contributed by atoms with Gasteiger partial charge in [0.1, 0.15) is 22.6 Å². The van der Waals surface area contributed by atoms with E-state index in [2.05, 4.69) is 48.7 Å². The molecule has 3 N–H and O–H groups in total. The average Bonchev–Trinajstić information content (AvgIpc) is 3.40. The Bertz CT molecular complexity index is 1750. The quantitative estimate of drug-likeness (QED) is 0.198. The van der Waals surface area contributed by atoms with Crippen LogP contribution in [-0.2, 0) is 17.8 Å². The van der Waals surface area contributed by atoms with Crippen LogP contribution in [0, 0.1) is 5.82 Å². The van der Waals surface area contributed by atoms with Crippen molar-refractivity contribution in [3.8, 4) is 11.1 Å². The van der Waals surface area contributed by atoms with Crippen LogP contribution >= 0.6 is 0 Å². The van der Waals surface area contributed by atoms with Gasteiger partial charge in [0.15, 0.2) is 0 Å². The number of halogens is 1. The van der Waals surface area contributed by atoms with Gasteiger partial charge in [-0.05, 0) is 74.6 Å². The number of amides is 1. The summed E-state index contributed by atoms with van der Waals surface area (Å²) in [7, 11) is 0. The third-order valence-electron chi connectivity index (χ3n) is 7.66. The zero-order valence-electron chi connectivity index (χ0n) is 24.8. The van der Waals surface area contributed by atoms with Crippen molar-refractivity contribution in [2.24, 2.45) is 0 Å². The molecule has 6 rings (SSSR count). The zero-order valence-corrected chi connectivity index (χ0v) is 24.8. The molecule has 0 aliphatic carbocycles. The topological polar surface area (TPSA) is 95.2 Å². The maximum absolute atomic E-state index is 15.6. The van der Waals surface area contributed by atoms with Crippen LogP contribution in [0.1, 0.15) is 44.7 Å². The van der Waals surface area contributed by atoms with Crippen LogP contribution in [0.15, 0.2) is 73.2 Å². The standard InChI is InChI=1S/C34H37FN6O2/c1-34(2,3)43-33(42)40-25-10-7-13-41(21-25)30-11-12-37-31-27(30)15-24(16-29(31)35)28-20-39-32-26(28)14-23(19-38-32)18-36-17-22-8-5-4-6-9-22/h4-6,8-9,11-12,14-16,19-20,25,36H,7,10,13,17-18,21H2,1-3H3,(H,38,39)(H,40,42)/t25-/m1/s1. The van der Waals surface area contributed by atoms with Crippen molar-refractivity contribution in [2.45, 2.75) is 58.3 Å². The Morgan fingerprint density at radius 2 is 1.88 bits per heavy atom. The largest absolute Gasteiger partial charge is 0.444 e. The third kappa shape index (κ3) is 6.62. The Morgan fingerprint density at radius 1 is 1.07 bits per heavy atom. The van der Waals surface area contributed by atoms with Crippen molar-refractivity contribution in [3.63, 3.8) is 0 Å². The Labute approximate surface area is 250 Å². The molecule has 1 aliphatic heterocycles. The minimum absolute atomic E-state index is 0.0755. The normalized spacial score (nSPS) is 15.6. The van der Waals surface area contributed by atoms with Crippen LogP contribution < -0.4 is 15.5 Å². The van der Waals surface area contributed by atoms with E-state index in [4.69, 9.17) is 4.74 Å². The van der Waals surface area contributed by atoms with Crippen LogP contribution in [0.2, 0.25) is 0 Å². The Hall–Kier alpha value is -4.50. The number of hydrogen-bond donors (Lipinski definition) is 3. The van der Waals surface area contributed by atoms with E-state index in [1.54, 1.807) is 12.3 Å². The molecule has 0 unspecified atom stereocenters. The fourth-order valence-electron chi connectivity index (χ4n) is 5.75. The Balaban J connectivity index is 1.27. The molecular weight excluding hydrogens is 543 g/mol. The van der Waals surface area contributed by atoms with E-state index in [0.29, 0.717) is 18.6 Å². The number of hydrogen-bond acceptors (Lipinski definition) is 6. The second-order valence-electron chi connectivity index (χ2n) is 12.1. The van der Waals surface area contributed by atoms with Gasteiger partial charge in [-0.25, -0.2) is 14.2 Å². The molecule has 1 aliphatic rings. The van der Waals surface area contributed by atoms with E-state index in [1.165, 1.54) is 5.56 Å². The SMILES string of the molecule is CC(C)(C)OC(=O)N[C@@H]1CCCN(c2ccnc3c(F)cc(-c4c[nH]c5ncc(CNCc6ccccc6)cc45)cc23)C1. The minimum Gasteiger partial charge on any atom is -0.444 e. The van der Waals surface area contributed by atoms with Gasteiger partial charge in [-0.1, -0.05) is 30.3 Å². The molecule has 0 radical (unpaired) electrons. The van der Waals surface area contributed by atoms with Gasteiger partial charge >= 0.3 is 6.09 Å². The summed E-state index contributed by atoms with van der Waals surface area (Å²) in [6.07, 6.45) is 6.72. The highest BCUT2D eigenvalue weighted by molar-refractivity contribution is 6.00. The predicted octanol–water partition coefficient (Wildman–Crippen LogP) is 6.70. The second-order valence-corrected chi connectivity index (χ2v) is 12.1. The number of aromatic amines is 1. The number of alkyl carbamates (subject to hydrolysis) is 1. The fraction of sp³-hybridized carbons (Fsp3) is 0.324. The minimum atomic E-state index is -0.564. The average molecular weight is 581 g/mol. The van der Waals surface area contributed by atoms with Gasteiger partial charge in [0.25, 0.3) is 0 Å². The number of H-pyrrole nitrogens is 1. The van der Waals surface area contributed by atoms with E-state index in [9.17, 15) is 4.79 Å². The van der Waals surface area contributed by atoms with Crippen molar-refractivity contribution in [1.29, 1.82) is 0 Å². The van der Waals surface area contributed by atoms with Crippen LogP contribution in [0.3, 0.4) is 0 Å². The van der Waals surface area contributed by atoms with Crippen molar-refractivity contribution in [3.05, 3.63) is 90.1 Å². The number of pyridine rings is 2. The number of nitrogens with zero attached hydrogens (tertiary/aromatic N) is 3.